The zero-order chi connectivity index (χ0) is 14.3. The van der Waals surface area contributed by atoms with E-state index in [2.05, 4.69) is 5.32 Å². The molecule has 0 radical (unpaired) electrons. The molecule has 0 aliphatic rings. The van der Waals surface area contributed by atoms with E-state index in [-0.39, 0.29) is 13.0 Å². The van der Waals surface area contributed by atoms with Crippen molar-refractivity contribution in [1.29, 1.82) is 0 Å². The molecule has 1 rings (SSSR count). The van der Waals surface area contributed by atoms with Gasteiger partial charge in [-0.2, -0.15) is 0 Å². The van der Waals surface area contributed by atoms with Crippen molar-refractivity contribution in [1.82, 2.24) is 5.32 Å². The van der Waals surface area contributed by atoms with Crippen LogP contribution in [0.25, 0.3) is 0 Å². The van der Waals surface area contributed by atoms with Gasteiger partial charge in [0.15, 0.2) is 0 Å². The first-order chi connectivity index (χ1) is 9.06. The van der Waals surface area contributed by atoms with Gasteiger partial charge in [-0.15, -0.1) is 0 Å². The number of carboxylic acid groups (broad SMARTS) is 1. The fourth-order valence-corrected chi connectivity index (χ4v) is 1.57. The zero-order valence-corrected chi connectivity index (χ0v) is 10.8. The quantitative estimate of drug-likeness (QED) is 0.815. The van der Waals surface area contributed by atoms with Crippen molar-refractivity contribution in [2.45, 2.75) is 19.4 Å². The van der Waals surface area contributed by atoms with Gasteiger partial charge in [-0.25, -0.2) is 4.79 Å². The third-order valence-electron chi connectivity index (χ3n) is 2.46. The molecule has 0 fully saturated rings. The number of carbonyl (C=O) groups is 2. The van der Waals surface area contributed by atoms with Gasteiger partial charge in [0.25, 0.3) is 0 Å². The highest BCUT2D eigenvalue weighted by atomic mass is 16.5. The highest BCUT2D eigenvalue weighted by Crippen LogP contribution is 2.20. The second kappa shape index (κ2) is 7.25. The number of hydrogen-bond acceptors (Lipinski definition) is 5. The van der Waals surface area contributed by atoms with Crippen LogP contribution in [0.15, 0.2) is 24.3 Å². The maximum atomic E-state index is 11.4. The normalized spacial score (nSPS) is 11.5. The maximum Gasteiger partial charge on any atom is 0.407 e. The van der Waals surface area contributed by atoms with Gasteiger partial charge in [-0.3, -0.25) is 0 Å². The Kier molecular flexibility index (Phi) is 5.66. The van der Waals surface area contributed by atoms with E-state index in [1.165, 1.54) is 7.11 Å². The predicted octanol–water partition coefficient (Wildman–Crippen LogP) is 0.622. The number of carbonyl (C=O) groups excluding carboxylic acids is 2. The summed E-state index contributed by atoms with van der Waals surface area (Å²) >= 11 is 0. The average Bonchev–Trinajstić information content (AvgIpc) is 2.38. The molecule has 0 bridgehead atoms. The molecule has 19 heavy (non-hydrogen) atoms. The second-order valence-electron chi connectivity index (χ2n) is 3.77. The van der Waals surface area contributed by atoms with Crippen LogP contribution < -0.4 is 15.2 Å². The summed E-state index contributed by atoms with van der Waals surface area (Å²) in [6, 6.07) is 6.03. The summed E-state index contributed by atoms with van der Waals surface area (Å²) < 4.78 is 9.74. The topological polar surface area (TPSA) is 87.7 Å². The second-order valence-corrected chi connectivity index (χ2v) is 3.77. The molecule has 1 N–H and O–H groups in total. The first-order valence-electron chi connectivity index (χ1n) is 5.84. The molecular weight excluding hydrogens is 250 g/mol. The largest absolute Gasteiger partial charge is 0.550 e. The van der Waals surface area contributed by atoms with Crippen molar-refractivity contribution in [3.8, 4) is 5.75 Å². The zero-order valence-electron chi connectivity index (χ0n) is 10.8. The van der Waals surface area contributed by atoms with Crippen LogP contribution in [0.4, 0.5) is 4.79 Å². The van der Waals surface area contributed by atoms with Gasteiger partial charge < -0.3 is 24.7 Å². The third kappa shape index (κ3) is 4.87. The highest BCUT2D eigenvalue weighted by Gasteiger charge is 2.15. The van der Waals surface area contributed by atoms with Crippen molar-refractivity contribution in [3.63, 3.8) is 0 Å². The fourth-order valence-electron chi connectivity index (χ4n) is 1.57. The van der Waals surface area contributed by atoms with Gasteiger partial charge >= 0.3 is 6.09 Å². The van der Waals surface area contributed by atoms with Crippen LogP contribution in [0.5, 0.6) is 5.75 Å². The van der Waals surface area contributed by atoms with Gasteiger partial charge in [0.05, 0.1) is 19.8 Å². The number of alkyl carbamates (subject to hydrolysis) is 1. The van der Waals surface area contributed by atoms with Crippen LogP contribution >= 0.6 is 0 Å². The Morgan fingerprint density at radius 3 is 2.42 bits per heavy atom. The molecule has 0 aromatic heterocycles. The van der Waals surface area contributed by atoms with Crippen molar-refractivity contribution < 1.29 is 24.2 Å². The van der Waals surface area contributed by atoms with E-state index >= 15 is 0 Å². The molecule has 1 aromatic rings. The molecule has 0 spiro atoms. The maximum absolute atomic E-state index is 11.4. The van der Waals surface area contributed by atoms with E-state index in [9.17, 15) is 14.7 Å². The first-order valence-corrected chi connectivity index (χ1v) is 5.84. The average molecular weight is 266 g/mol. The van der Waals surface area contributed by atoms with Crippen LogP contribution in [-0.2, 0) is 9.53 Å². The Bertz CT molecular complexity index is 429. The molecule has 0 saturated carbocycles. The molecule has 1 amide bonds. The smallest absolute Gasteiger partial charge is 0.407 e. The van der Waals surface area contributed by atoms with Gasteiger partial charge in [0.1, 0.15) is 5.75 Å². The molecule has 1 atom stereocenters. The van der Waals surface area contributed by atoms with E-state index in [0.717, 1.165) is 0 Å². The number of aliphatic carboxylic acids is 1. The van der Waals surface area contributed by atoms with Crippen molar-refractivity contribution in [2.24, 2.45) is 0 Å². The lowest BCUT2D eigenvalue weighted by atomic mass is 10.0. The van der Waals surface area contributed by atoms with Gasteiger partial charge in [-0.1, -0.05) is 12.1 Å². The minimum atomic E-state index is -1.25. The van der Waals surface area contributed by atoms with Crippen molar-refractivity contribution in [2.75, 3.05) is 13.7 Å². The lowest BCUT2D eigenvalue weighted by molar-refractivity contribution is -0.306. The Hall–Kier alpha value is -2.24. The number of rotatable bonds is 6. The minimum absolute atomic E-state index is 0.215. The van der Waals surface area contributed by atoms with Crippen LogP contribution in [0.1, 0.15) is 24.9 Å². The van der Waals surface area contributed by atoms with Crippen LogP contribution in [0.2, 0.25) is 0 Å². The molecule has 6 nitrogen and oxygen atoms in total. The summed E-state index contributed by atoms with van der Waals surface area (Å²) in [5.41, 5.74) is 0.637. The standard InChI is InChI=1S/C13H17NO5/c1-3-19-13(17)14-11(8-12(15)16)9-4-6-10(18-2)7-5-9/h4-7,11H,3,8H2,1-2H3,(H,14,17)(H,15,16)/p-1/t11-/m0/s1. The van der Waals surface area contributed by atoms with Gasteiger partial charge in [-0.05, 0) is 24.6 Å². The number of amides is 1. The van der Waals surface area contributed by atoms with Gasteiger partial charge in [0, 0.05) is 12.4 Å². The minimum Gasteiger partial charge on any atom is -0.550 e. The number of benzene rings is 1. The SMILES string of the molecule is CCOC(=O)N[C@@H](CC(=O)[O-])c1ccc(OC)cc1. The Labute approximate surface area is 111 Å². The Morgan fingerprint density at radius 1 is 1.32 bits per heavy atom. The molecule has 1 aromatic carbocycles. The third-order valence-corrected chi connectivity index (χ3v) is 2.46. The molecule has 0 heterocycles. The summed E-state index contributed by atoms with van der Waals surface area (Å²) in [5.74, 6) is -0.607. The van der Waals surface area contributed by atoms with Crippen LogP contribution in [0.3, 0.4) is 0 Å². The molecule has 6 heteroatoms. The van der Waals surface area contributed by atoms with E-state index < -0.39 is 18.1 Å². The first kappa shape index (κ1) is 14.8. The summed E-state index contributed by atoms with van der Waals surface area (Å²) in [6.45, 7) is 1.88. The van der Waals surface area contributed by atoms with Crippen LogP contribution in [0, 0.1) is 0 Å². The summed E-state index contributed by atoms with van der Waals surface area (Å²) in [6.07, 6.45) is -0.991. The molecule has 104 valence electrons. The summed E-state index contributed by atoms with van der Waals surface area (Å²) in [4.78, 5) is 22.1. The molecule has 0 saturated heterocycles. The van der Waals surface area contributed by atoms with E-state index in [1.807, 2.05) is 0 Å². The van der Waals surface area contributed by atoms with E-state index in [4.69, 9.17) is 9.47 Å². The Morgan fingerprint density at radius 2 is 1.95 bits per heavy atom. The molecule has 0 aliphatic heterocycles. The fraction of sp³-hybridized carbons (Fsp3) is 0.385. The Balaban J connectivity index is 2.82. The number of ether oxygens (including phenoxy) is 2. The van der Waals surface area contributed by atoms with Crippen molar-refractivity contribution >= 4 is 12.1 Å². The molecule has 0 aliphatic carbocycles. The summed E-state index contributed by atoms with van der Waals surface area (Å²) in [5, 5.41) is 13.2. The highest BCUT2D eigenvalue weighted by molar-refractivity contribution is 5.71. The van der Waals surface area contributed by atoms with Crippen molar-refractivity contribution in [3.05, 3.63) is 29.8 Å². The summed E-state index contributed by atoms with van der Waals surface area (Å²) in [7, 11) is 1.53. The number of nitrogens with one attached hydrogen (secondary N) is 1. The number of carboxylic acids is 1. The number of methoxy groups -OCH3 is 1. The number of hydrogen-bond donors (Lipinski definition) is 1. The lowest BCUT2D eigenvalue weighted by Crippen LogP contribution is -2.34. The van der Waals surface area contributed by atoms with Gasteiger partial charge in [0.2, 0.25) is 0 Å². The van der Waals surface area contributed by atoms with E-state index in [0.29, 0.717) is 11.3 Å². The molecular formula is C13H16NO5-. The van der Waals surface area contributed by atoms with E-state index in [1.54, 1.807) is 31.2 Å². The monoisotopic (exact) mass is 266 g/mol. The predicted molar refractivity (Wildman–Crippen MR) is 65.5 cm³/mol. The molecule has 0 unspecified atom stereocenters. The lowest BCUT2D eigenvalue weighted by Gasteiger charge is -2.19. The van der Waals surface area contributed by atoms with Crippen LogP contribution in [-0.4, -0.2) is 25.8 Å².